The van der Waals surface area contributed by atoms with E-state index >= 15 is 0 Å². The highest BCUT2D eigenvalue weighted by molar-refractivity contribution is 7.99. The van der Waals surface area contributed by atoms with Gasteiger partial charge in [0.05, 0.1) is 12.6 Å². The van der Waals surface area contributed by atoms with Crippen molar-refractivity contribution in [2.75, 3.05) is 7.11 Å². The number of esters is 1. The molecule has 0 fully saturated rings. The lowest BCUT2D eigenvalue weighted by atomic mass is 10.1. The molecule has 0 bridgehead atoms. The summed E-state index contributed by atoms with van der Waals surface area (Å²) in [7, 11) is 1.61. The summed E-state index contributed by atoms with van der Waals surface area (Å²) in [6, 6.07) is 23.7. The smallest absolute Gasteiger partial charge is 0.363 e. The van der Waals surface area contributed by atoms with Gasteiger partial charge >= 0.3 is 5.97 Å². The largest absolute Gasteiger partial charge is 0.497 e. The van der Waals surface area contributed by atoms with E-state index < -0.39 is 5.97 Å². The zero-order valence-electron chi connectivity index (χ0n) is 19.0. The number of aryl methyl sites for hydroxylation is 2. The van der Waals surface area contributed by atoms with Crippen molar-refractivity contribution in [3.8, 4) is 5.75 Å². The van der Waals surface area contributed by atoms with Crippen molar-refractivity contribution in [3.63, 3.8) is 0 Å². The summed E-state index contributed by atoms with van der Waals surface area (Å²) in [5, 5.41) is 1.81. The van der Waals surface area contributed by atoms with Gasteiger partial charge in [-0.2, -0.15) is 0 Å². The van der Waals surface area contributed by atoms with Crippen LogP contribution in [0.2, 0.25) is 0 Å². The molecule has 0 amide bonds. The normalized spacial score (nSPS) is 14.4. The minimum Gasteiger partial charge on any atom is -0.497 e. The van der Waals surface area contributed by atoms with Crippen molar-refractivity contribution >= 4 is 40.6 Å². The molecule has 0 spiro atoms. The molecule has 0 atom stereocenters. The molecule has 168 valence electrons. The maximum Gasteiger partial charge on any atom is 0.363 e. The fourth-order valence-electron chi connectivity index (χ4n) is 3.66. The Labute approximate surface area is 202 Å². The van der Waals surface area contributed by atoms with Gasteiger partial charge in [0.15, 0.2) is 5.70 Å². The van der Waals surface area contributed by atoms with Gasteiger partial charge in [0.1, 0.15) is 10.8 Å². The van der Waals surface area contributed by atoms with Crippen LogP contribution in [0.25, 0.3) is 17.0 Å². The van der Waals surface area contributed by atoms with Crippen LogP contribution < -0.4 is 4.74 Å². The number of aromatic nitrogens is 1. The predicted molar refractivity (Wildman–Crippen MR) is 135 cm³/mol. The standard InChI is InChI=1S/C28H22N2O3S/c1-17-7-13-23(14-8-17)34-27-21(15-20-6-4-5-18(2)25(20)30-27)16-24-28(31)33-26(29-24)19-9-11-22(32-3)12-10-19/h4-16H,1-3H3/b24-16+. The van der Waals surface area contributed by atoms with Gasteiger partial charge in [-0.1, -0.05) is 47.7 Å². The van der Waals surface area contributed by atoms with Gasteiger partial charge in [0, 0.05) is 21.4 Å². The van der Waals surface area contributed by atoms with E-state index in [2.05, 4.69) is 36.2 Å². The molecule has 3 aromatic carbocycles. The minimum absolute atomic E-state index is 0.241. The highest BCUT2D eigenvalue weighted by Crippen LogP contribution is 2.34. The number of carbonyl (C=O) groups excluding carboxylic acids is 1. The van der Waals surface area contributed by atoms with Crippen molar-refractivity contribution in [2.45, 2.75) is 23.8 Å². The monoisotopic (exact) mass is 466 g/mol. The molecular weight excluding hydrogens is 444 g/mol. The van der Waals surface area contributed by atoms with Crippen molar-refractivity contribution in [3.05, 3.63) is 101 Å². The summed E-state index contributed by atoms with van der Waals surface area (Å²) in [5.41, 5.74) is 5.00. The third-order valence-electron chi connectivity index (χ3n) is 5.53. The Morgan fingerprint density at radius 3 is 2.47 bits per heavy atom. The number of benzene rings is 3. The number of ether oxygens (including phenoxy) is 2. The lowest BCUT2D eigenvalue weighted by Gasteiger charge is -2.10. The summed E-state index contributed by atoms with van der Waals surface area (Å²) in [5.74, 6) is 0.511. The van der Waals surface area contributed by atoms with Gasteiger partial charge in [-0.3, -0.25) is 0 Å². The molecule has 0 N–H and O–H groups in total. The van der Waals surface area contributed by atoms with Crippen LogP contribution in [0.4, 0.5) is 0 Å². The molecule has 0 radical (unpaired) electrons. The maximum atomic E-state index is 12.7. The van der Waals surface area contributed by atoms with Gasteiger partial charge in [0.25, 0.3) is 0 Å². The molecule has 2 heterocycles. The summed E-state index contributed by atoms with van der Waals surface area (Å²) < 4.78 is 10.7. The summed E-state index contributed by atoms with van der Waals surface area (Å²) in [6.45, 7) is 4.11. The molecule has 4 aromatic rings. The molecule has 0 unspecified atom stereocenters. The molecule has 6 heteroatoms. The Morgan fingerprint density at radius 2 is 1.74 bits per heavy atom. The first-order valence-corrected chi connectivity index (χ1v) is 11.6. The second kappa shape index (κ2) is 9.15. The molecule has 0 saturated heterocycles. The first-order valence-electron chi connectivity index (χ1n) is 10.8. The molecule has 0 aliphatic carbocycles. The van der Waals surface area contributed by atoms with Crippen LogP contribution >= 0.6 is 11.8 Å². The molecule has 5 rings (SSSR count). The van der Waals surface area contributed by atoms with Crippen LogP contribution in [0.5, 0.6) is 5.75 Å². The number of cyclic esters (lactones) is 1. The summed E-state index contributed by atoms with van der Waals surface area (Å²) >= 11 is 1.56. The Balaban J connectivity index is 1.57. The number of hydrogen-bond acceptors (Lipinski definition) is 6. The molecule has 0 saturated carbocycles. The molecular formula is C28H22N2O3S. The average molecular weight is 467 g/mol. The summed E-state index contributed by atoms with van der Waals surface area (Å²) in [6.07, 6.45) is 1.75. The third kappa shape index (κ3) is 4.45. The first kappa shape index (κ1) is 21.9. The minimum atomic E-state index is -0.485. The number of rotatable bonds is 5. The lowest BCUT2D eigenvalue weighted by molar-refractivity contribution is -0.129. The van der Waals surface area contributed by atoms with Crippen molar-refractivity contribution in [2.24, 2.45) is 4.99 Å². The fourth-order valence-corrected chi connectivity index (χ4v) is 4.53. The van der Waals surface area contributed by atoms with Gasteiger partial charge in [-0.25, -0.2) is 14.8 Å². The third-order valence-corrected chi connectivity index (χ3v) is 6.55. The van der Waals surface area contributed by atoms with Crippen LogP contribution in [0.1, 0.15) is 22.3 Å². The number of fused-ring (bicyclic) bond motifs is 1. The lowest BCUT2D eigenvalue weighted by Crippen LogP contribution is -2.05. The van der Waals surface area contributed by atoms with Gasteiger partial charge in [-0.05, 0) is 68.0 Å². The van der Waals surface area contributed by atoms with Crippen molar-refractivity contribution in [1.82, 2.24) is 4.98 Å². The van der Waals surface area contributed by atoms with E-state index in [1.807, 2.05) is 43.3 Å². The van der Waals surface area contributed by atoms with Crippen LogP contribution in [-0.4, -0.2) is 24.0 Å². The zero-order valence-corrected chi connectivity index (χ0v) is 19.8. The number of carbonyl (C=O) groups is 1. The van der Waals surface area contributed by atoms with E-state index in [1.165, 1.54) is 5.56 Å². The van der Waals surface area contributed by atoms with E-state index in [9.17, 15) is 4.79 Å². The molecule has 1 aliphatic heterocycles. The predicted octanol–water partition coefficient (Wildman–Crippen LogP) is 6.36. The van der Waals surface area contributed by atoms with Crippen LogP contribution in [0.3, 0.4) is 0 Å². The Morgan fingerprint density at radius 1 is 0.971 bits per heavy atom. The van der Waals surface area contributed by atoms with Gasteiger partial charge < -0.3 is 9.47 Å². The molecule has 34 heavy (non-hydrogen) atoms. The van der Waals surface area contributed by atoms with E-state index in [4.69, 9.17) is 14.5 Å². The van der Waals surface area contributed by atoms with Crippen LogP contribution in [0.15, 0.2) is 93.4 Å². The van der Waals surface area contributed by atoms with Crippen LogP contribution in [-0.2, 0) is 9.53 Å². The second-order valence-corrected chi connectivity index (χ2v) is 9.07. The fraction of sp³-hybridized carbons (Fsp3) is 0.107. The maximum absolute atomic E-state index is 12.7. The number of para-hydroxylation sites is 1. The zero-order chi connectivity index (χ0) is 23.7. The van der Waals surface area contributed by atoms with Crippen molar-refractivity contribution in [1.29, 1.82) is 0 Å². The van der Waals surface area contributed by atoms with Gasteiger partial charge in [-0.15, -0.1) is 0 Å². The van der Waals surface area contributed by atoms with Crippen molar-refractivity contribution < 1.29 is 14.3 Å². The second-order valence-electron chi connectivity index (χ2n) is 8.01. The number of pyridine rings is 1. The van der Waals surface area contributed by atoms with E-state index in [0.29, 0.717) is 5.56 Å². The van der Waals surface area contributed by atoms with E-state index in [-0.39, 0.29) is 11.6 Å². The average Bonchev–Trinajstić information content (AvgIpc) is 3.21. The van der Waals surface area contributed by atoms with Gasteiger partial charge in [0.2, 0.25) is 5.90 Å². The Kier molecular flexibility index (Phi) is 5.90. The quantitative estimate of drug-likeness (QED) is 0.253. The number of methoxy groups -OCH3 is 1. The SMILES string of the molecule is COc1ccc(C2=N/C(=C/c3cc4cccc(C)c4nc3Sc3ccc(C)cc3)C(=O)O2)cc1. The molecule has 1 aliphatic rings. The van der Waals surface area contributed by atoms with E-state index in [1.54, 1.807) is 37.1 Å². The summed E-state index contributed by atoms with van der Waals surface area (Å²) in [4.78, 5) is 23.2. The molecule has 1 aromatic heterocycles. The highest BCUT2D eigenvalue weighted by Gasteiger charge is 2.25. The Hall–Kier alpha value is -3.90. The van der Waals surface area contributed by atoms with E-state index in [0.717, 1.165) is 37.7 Å². The Bertz CT molecular complexity index is 1460. The number of aliphatic imine (C=N–C) groups is 1. The number of nitrogens with zero attached hydrogens (tertiary/aromatic N) is 2. The first-order chi connectivity index (χ1) is 16.5. The highest BCUT2D eigenvalue weighted by atomic mass is 32.2. The number of hydrogen-bond donors (Lipinski definition) is 0. The van der Waals surface area contributed by atoms with Crippen LogP contribution in [0, 0.1) is 13.8 Å². The topological polar surface area (TPSA) is 60.8 Å². The molecule has 5 nitrogen and oxygen atoms in total.